The Morgan fingerprint density at radius 1 is 1.44 bits per heavy atom. The predicted octanol–water partition coefficient (Wildman–Crippen LogP) is 1.25. The lowest BCUT2D eigenvalue weighted by atomic mass is 10.1. The minimum Gasteiger partial charge on any atom is -0.370 e. The van der Waals surface area contributed by atoms with Crippen LogP contribution in [0, 0.1) is 6.92 Å². The van der Waals surface area contributed by atoms with Gasteiger partial charge in [-0.3, -0.25) is 9.59 Å². The molecule has 4 nitrogen and oxygen atoms in total. The number of carbonyl (C=O) groups excluding carboxylic acids is 2. The summed E-state index contributed by atoms with van der Waals surface area (Å²) in [5, 5.41) is 3.11. The predicted molar refractivity (Wildman–Crippen MR) is 62.3 cm³/mol. The van der Waals surface area contributed by atoms with Crippen molar-refractivity contribution in [3.8, 4) is 0 Å². The van der Waals surface area contributed by atoms with Crippen molar-refractivity contribution in [2.45, 2.75) is 13.3 Å². The van der Waals surface area contributed by atoms with Gasteiger partial charge in [0.2, 0.25) is 5.91 Å². The molecule has 5 heteroatoms. The summed E-state index contributed by atoms with van der Waals surface area (Å²) in [5.74, 6) is -0.690. The second kappa shape index (κ2) is 5.51. The van der Waals surface area contributed by atoms with Gasteiger partial charge in [-0.1, -0.05) is 17.7 Å². The Bertz CT molecular complexity index is 418. The van der Waals surface area contributed by atoms with Crippen LogP contribution in [0.2, 0.25) is 5.02 Å². The van der Waals surface area contributed by atoms with E-state index >= 15 is 0 Å². The smallest absolute Gasteiger partial charge is 0.251 e. The van der Waals surface area contributed by atoms with E-state index in [1.54, 1.807) is 18.2 Å². The van der Waals surface area contributed by atoms with Crippen LogP contribution in [0.3, 0.4) is 0 Å². The van der Waals surface area contributed by atoms with Crippen LogP contribution in [0.15, 0.2) is 18.2 Å². The lowest BCUT2D eigenvalue weighted by Gasteiger charge is -2.07. The van der Waals surface area contributed by atoms with Crippen molar-refractivity contribution in [3.63, 3.8) is 0 Å². The highest BCUT2D eigenvalue weighted by atomic mass is 35.5. The monoisotopic (exact) mass is 240 g/mol. The minimum absolute atomic E-state index is 0.130. The molecule has 1 aromatic rings. The van der Waals surface area contributed by atoms with Crippen LogP contribution in [0.25, 0.3) is 0 Å². The van der Waals surface area contributed by atoms with Crippen molar-refractivity contribution in [1.29, 1.82) is 0 Å². The number of nitrogens with two attached hydrogens (primary N) is 1. The van der Waals surface area contributed by atoms with Crippen molar-refractivity contribution in [2.24, 2.45) is 5.73 Å². The van der Waals surface area contributed by atoms with Crippen molar-refractivity contribution >= 4 is 23.4 Å². The second-order valence-electron chi connectivity index (χ2n) is 3.43. The van der Waals surface area contributed by atoms with Crippen molar-refractivity contribution in [1.82, 2.24) is 5.32 Å². The van der Waals surface area contributed by atoms with E-state index in [4.69, 9.17) is 17.3 Å². The molecule has 2 amide bonds. The first-order chi connectivity index (χ1) is 7.50. The Labute approximate surface area is 98.8 Å². The SMILES string of the molecule is Cc1ccc(Cl)cc1C(=O)NCCC(N)=O. The van der Waals surface area contributed by atoms with Gasteiger partial charge < -0.3 is 11.1 Å². The van der Waals surface area contributed by atoms with Crippen LogP contribution in [0.4, 0.5) is 0 Å². The molecule has 16 heavy (non-hydrogen) atoms. The lowest BCUT2D eigenvalue weighted by molar-refractivity contribution is -0.117. The zero-order valence-corrected chi connectivity index (χ0v) is 9.67. The molecule has 0 unspecified atom stereocenters. The quantitative estimate of drug-likeness (QED) is 0.832. The van der Waals surface area contributed by atoms with Crippen LogP contribution in [-0.2, 0) is 4.79 Å². The summed E-state index contributed by atoms with van der Waals surface area (Å²) in [5.41, 5.74) is 6.31. The standard InChI is InChI=1S/C11H13ClN2O2/c1-7-2-3-8(12)6-9(7)11(16)14-5-4-10(13)15/h2-3,6H,4-5H2,1H3,(H2,13,15)(H,14,16). The van der Waals surface area contributed by atoms with Gasteiger partial charge in [0, 0.05) is 23.6 Å². The summed E-state index contributed by atoms with van der Waals surface area (Å²) in [6, 6.07) is 5.08. The number of nitrogens with one attached hydrogen (secondary N) is 1. The second-order valence-corrected chi connectivity index (χ2v) is 3.87. The Kier molecular flexibility index (Phi) is 4.31. The maximum Gasteiger partial charge on any atom is 0.251 e. The van der Waals surface area contributed by atoms with E-state index in [0.717, 1.165) is 5.56 Å². The molecular weight excluding hydrogens is 228 g/mol. The molecule has 0 aliphatic carbocycles. The molecule has 1 aromatic carbocycles. The Balaban J connectivity index is 2.65. The first-order valence-electron chi connectivity index (χ1n) is 4.83. The first kappa shape index (κ1) is 12.5. The summed E-state index contributed by atoms with van der Waals surface area (Å²) in [4.78, 5) is 22.2. The molecule has 0 saturated carbocycles. The van der Waals surface area contributed by atoms with Gasteiger partial charge in [-0.15, -0.1) is 0 Å². The van der Waals surface area contributed by atoms with E-state index in [-0.39, 0.29) is 18.9 Å². The van der Waals surface area contributed by atoms with Gasteiger partial charge >= 0.3 is 0 Å². The minimum atomic E-state index is -0.442. The molecule has 1 rings (SSSR count). The zero-order valence-electron chi connectivity index (χ0n) is 8.92. The Morgan fingerprint density at radius 3 is 2.75 bits per heavy atom. The van der Waals surface area contributed by atoms with Crippen LogP contribution >= 0.6 is 11.6 Å². The van der Waals surface area contributed by atoms with Crippen LogP contribution in [-0.4, -0.2) is 18.4 Å². The number of halogens is 1. The van der Waals surface area contributed by atoms with Crippen LogP contribution in [0.5, 0.6) is 0 Å². The molecule has 0 fully saturated rings. The number of hydrogen-bond donors (Lipinski definition) is 2. The average Bonchev–Trinajstić information content (AvgIpc) is 2.21. The fraction of sp³-hybridized carbons (Fsp3) is 0.273. The number of benzene rings is 1. The largest absolute Gasteiger partial charge is 0.370 e. The highest BCUT2D eigenvalue weighted by Crippen LogP contribution is 2.15. The third kappa shape index (κ3) is 3.55. The molecule has 0 spiro atoms. The number of amides is 2. The van der Waals surface area contributed by atoms with Gasteiger partial charge in [-0.2, -0.15) is 0 Å². The molecule has 0 bridgehead atoms. The third-order valence-corrected chi connectivity index (χ3v) is 2.34. The third-order valence-electron chi connectivity index (χ3n) is 2.10. The molecule has 0 aliphatic rings. The topological polar surface area (TPSA) is 72.2 Å². The van der Waals surface area contributed by atoms with Crippen LogP contribution < -0.4 is 11.1 Å². The van der Waals surface area contributed by atoms with Gasteiger partial charge in [-0.25, -0.2) is 0 Å². The van der Waals surface area contributed by atoms with Gasteiger partial charge in [0.1, 0.15) is 0 Å². The van der Waals surface area contributed by atoms with Crippen molar-refractivity contribution < 1.29 is 9.59 Å². The average molecular weight is 241 g/mol. The lowest BCUT2D eigenvalue weighted by Crippen LogP contribution is -2.28. The fourth-order valence-electron chi connectivity index (χ4n) is 1.23. The normalized spacial score (nSPS) is 9.88. The molecular formula is C11H13ClN2O2. The van der Waals surface area contributed by atoms with E-state index in [2.05, 4.69) is 5.32 Å². The number of aryl methyl sites for hydroxylation is 1. The maximum absolute atomic E-state index is 11.7. The number of rotatable bonds is 4. The van der Waals surface area contributed by atoms with E-state index in [1.807, 2.05) is 6.92 Å². The first-order valence-corrected chi connectivity index (χ1v) is 5.21. The number of hydrogen-bond acceptors (Lipinski definition) is 2. The molecule has 0 aromatic heterocycles. The fourth-order valence-corrected chi connectivity index (χ4v) is 1.41. The van der Waals surface area contributed by atoms with Gasteiger partial charge in [-0.05, 0) is 24.6 Å². The van der Waals surface area contributed by atoms with Gasteiger partial charge in [0.25, 0.3) is 5.91 Å². The Morgan fingerprint density at radius 2 is 2.12 bits per heavy atom. The highest BCUT2D eigenvalue weighted by molar-refractivity contribution is 6.31. The number of carbonyl (C=O) groups is 2. The molecule has 0 radical (unpaired) electrons. The number of primary amides is 1. The van der Waals surface area contributed by atoms with E-state index < -0.39 is 5.91 Å². The molecule has 0 atom stereocenters. The molecule has 0 saturated heterocycles. The van der Waals surface area contributed by atoms with Crippen molar-refractivity contribution in [3.05, 3.63) is 34.3 Å². The Hall–Kier alpha value is -1.55. The van der Waals surface area contributed by atoms with E-state index in [0.29, 0.717) is 10.6 Å². The van der Waals surface area contributed by atoms with Crippen molar-refractivity contribution in [2.75, 3.05) is 6.54 Å². The molecule has 0 heterocycles. The summed E-state index contributed by atoms with van der Waals surface area (Å²) >= 11 is 5.79. The highest BCUT2D eigenvalue weighted by Gasteiger charge is 2.09. The maximum atomic E-state index is 11.7. The molecule has 86 valence electrons. The summed E-state index contributed by atoms with van der Waals surface area (Å²) in [7, 11) is 0. The zero-order chi connectivity index (χ0) is 12.1. The van der Waals surface area contributed by atoms with Gasteiger partial charge in [0.05, 0.1) is 0 Å². The van der Waals surface area contributed by atoms with Crippen LogP contribution in [0.1, 0.15) is 22.3 Å². The van der Waals surface area contributed by atoms with Gasteiger partial charge in [0.15, 0.2) is 0 Å². The van der Waals surface area contributed by atoms with E-state index in [9.17, 15) is 9.59 Å². The summed E-state index contributed by atoms with van der Waals surface area (Å²) < 4.78 is 0. The summed E-state index contributed by atoms with van der Waals surface area (Å²) in [6.45, 7) is 2.06. The summed E-state index contributed by atoms with van der Waals surface area (Å²) in [6.07, 6.45) is 0.130. The molecule has 3 N–H and O–H groups in total. The van der Waals surface area contributed by atoms with E-state index in [1.165, 1.54) is 0 Å². The molecule has 0 aliphatic heterocycles.